The second kappa shape index (κ2) is 5.82. The van der Waals surface area contributed by atoms with Gasteiger partial charge >= 0.3 is 0 Å². The molecule has 0 aliphatic carbocycles. The molecule has 12 heavy (non-hydrogen) atoms. The molecule has 0 aromatic carbocycles. The molecule has 0 aromatic rings. The summed E-state index contributed by atoms with van der Waals surface area (Å²) in [6.07, 6.45) is 3.46. The number of amides is 1. The number of hydrogen-bond donors (Lipinski definition) is 0. The van der Waals surface area contributed by atoms with Gasteiger partial charge in [0, 0.05) is 38.6 Å². The standard InChI is InChI=1S/C8H12NO2.Y/c1-7(11)8-2-4-9(6-10)5-3-8;/h8H,2-5H2,1H3;/q-1;. The molecule has 1 radical (unpaired) electrons. The number of likely N-dealkylation sites (tertiary alicyclic amines) is 1. The third-order valence-corrected chi connectivity index (χ3v) is 2.20. The van der Waals surface area contributed by atoms with E-state index in [1.54, 1.807) is 11.8 Å². The van der Waals surface area contributed by atoms with Crippen molar-refractivity contribution in [1.29, 1.82) is 0 Å². The predicted octanol–water partition coefficient (Wildman–Crippen LogP) is 0.352. The SMILES string of the molecule is CC(=O)C1CCN([C-]=O)CC1.[Y]. The fourth-order valence-corrected chi connectivity index (χ4v) is 1.38. The Labute approximate surface area is 97.8 Å². The normalized spacial score (nSPS) is 18.2. The van der Waals surface area contributed by atoms with Crippen molar-refractivity contribution >= 4 is 12.2 Å². The molecule has 1 rings (SSSR count). The van der Waals surface area contributed by atoms with Gasteiger partial charge in [0.2, 0.25) is 0 Å². The summed E-state index contributed by atoms with van der Waals surface area (Å²) in [5.41, 5.74) is 0. The fourth-order valence-electron chi connectivity index (χ4n) is 1.38. The monoisotopic (exact) mass is 243 g/mol. The minimum atomic E-state index is 0. The van der Waals surface area contributed by atoms with Gasteiger partial charge in [-0.3, -0.25) is 4.79 Å². The van der Waals surface area contributed by atoms with Crippen LogP contribution in [-0.2, 0) is 42.3 Å². The summed E-state index contributed by atoms with van der Waals surface area (Å²) >= 11 is 0. The van der Waals surface area contributed by atoms with Gasteiger partial charge in [0.25, 0.3) is 0 Å². The molecule has 1 aliphatic rings. The molecular formula is C8H12NO2Y-. The van der Waals surface area contributed by atoms with Crippen LogP contribution in [0, 0.1) is 5.92 Å². The summed E-state index contributed by atoms with van der Waals surface area (Å²) < 4.78 is 0. The number of carbonyl (C=O) groups is 1. The molecule has 0 bridgehead atoms. The van der Waals surface area contributed by atoms with Crippen LogP contribution in [0.25, 0.3) is 0 Å². The van der Waals surface area contributed by atoms with E-state index in [-0.39, 0.29) is 44.4 Å². The molecule has 0 unspecified atom stereocenters. The van der Waals surface area contributed by atoms with E-state index in [4.69, 9.17) is 0 Å². The van der Waals surface area contributed by atoms with Crippen LogP contribution in [0.2, 0.25) is 0 Å². The van der Waals surface area contributed by atoms with Crippen molar-refractivity contribution in [3.63, 3.8) is 0 Å². The van der Waals surface area contributed by atoms with E-state index in [0.717, 1.165) is 12.8 Å². The van der Waals surface area contributed by atoms with Gasteiger partial charge in [-0.1, -0.05) is 0 Å². The average molecular weight is 243 g/mol. The molecule has 1 heterocycles. The molecule has 0 atom stereocenters. The Balaban J connectivity index is 0.00000121. The van der Waals surface area contributed by atoms with Crippen LogP contribution in [0.15, 0.2) is 0 Å². The summed E-state index contributed by atoms with van der Waals surface area (Å²) in [5.74, 6) is 0.426. The first kappa shape index (κ1) is 12.2. The number of piperidine rings is 1. The second-order valence-electron chi connectivity index (χ2n) is 2.96. The van der Waals surface area contributed by atoms with E-state index < -0.39 is 0 Å². The number of nitrogens with zero attached hydrogens (tertiary/aromatic N) is 1. The molecule has 4 heteroatoms. The van der Waals surface area contributed by atoms with Gasteiger partial charge in [-0.2, -0.15) is 6.41 Å². The molecule has 1 fully saturated rings. The molecule has 0 aromatic heterocycles. The molecule has 1 saturated heterocycles. The van der Waals surface area contributed by atoms with Gasteiger partial charge in [0.15, 0.2) is 0 Å². The number of rotatable bonds is 2. The Bertz CT molecular complexity index is 164. The van der Waals surface area contributed by atoms with Crippen LogP contribution >= 0.6 is 0 Å². The second-order valence-corrected chi connectivity index (χ2v) is 2.96. The maximum Gasteiger partial charge on any atom is 0.133 e. The quantitative estimate of drug-likeness (QED) is 0.656. The Kier molecular flexibility index (Phi) is 5.93. The summed E-state index contributed by atoms with van der Waals surface area (Å²) in [4.78, 5) is 22.6. The van der Waals surface area contributed by atoms with Crippen LogP contribution in [0.1, 0.15) is 19.8 Å². The number of carbonyl (C=O) groups excluding carboxylic acids is 2. The predicted molar refractivity (Wildman–Crippen MR) is 40.7 cm³/mol. The number of Topliss-reactive ketones (excluding diaryl/α,β-unsaturated/α-hetero) is 1. The van der Waals surface area contributed by atoms with Gasteiger partial charge in [-0.25, -0.2) is 0 Å². The van der Waals surface area contributed by atoms with Crippen LogP contribution in [0.3, 0.4) is 0 Å². The van der Waals surface area contributed by atoms with Crippen LogP contribution < -0.4 is 0 Å². The van der Waals surface area contributed by atoms with Crippen molar-refractivity contribution < 1.29 is 42.3 Å². The van der Waals surface area contributed by atoms with Crippen molar-refractivity contribution in [3.05, 3.63) is 0 Å². The zero-order chi connectivity index (χ0) is 8.27. The van der Waals surface area contributed by atoms with E-state index in [1.165, 1.54) is 0 Å². The maximum absolute atomic E-state index is 10.9. The molecule has 1 aliphatic heterocycles. The molecule has 3 nitrogen and oxygen atoms in total. The van der Waals surface area contributed by atoms with E-state index in [0.29, 0.717) is 13.1 Å². The minimum Gasteiger partial charge on any atom is -0.520 e. The smallest absolute Gasteiger partial charge is 0.133 e. The maximum atomic E-state index is 10.9. The molecular weight excluding hydrogens is 231 g/mol. The summed E-state index contributed by atoms with van der Waals surface area (Å²) in [6.45, 7) is 2.99. The Hall–Kier alpha value is 0.244. The first-order valence-corrected chi connectivity index (χ1v) is 3.87. The van der Waals surface area contributed by atoms with Crippen LogP contribution in [0.4, 0.5) is 0 Å². The van der Waals surface area contributed by atoms with Crippen LogP contribution in [0.5, 0.6) is 0 Å². The van der Waals surface area contributed by atoms with E-state index in [2.05, 4.69) is 0 Å². The Morgan fingerprint density at radius 2 is 1.92 bits per heavy atom. The van der Waals surface area contributed by atoms with Gasteiger partial charge in [-0.05, 0) is 32.9 Å². The average Bonchev–Trinajstić information content (AvgIpc) is 2.05. The van der Waals surface area contributed by atoms with Gasteiger partial charge in [-0.15, -0.1) is 0 Å². The van der Waals surface area contributed by atoms with Crippen LogP contribution in [-0.4, -0.2) is 30.2 Å². The molecule has 65 valence electrons. The first-order valence-electron chi connectivity index (χ1n) is 3.87. The topological polar surface area (TPSA) is 37.4 Å². The molecule has 0 spiro atoms. The zero-order valence-corrected chi connectivity index (χ0v) is 10.1. The Morgan fingerprint density at radius 1 is 1.42 bits per heavy atom. The van der Waals surface area contributed by atoms with Crippen molar-refractivity contribution in [2.24, 2.45) is 5.92 Å². The molecule has 0 N–H and O–H groups in total. The van der Waals surface area contributed by atoms with Crippen molar-refractivity contribution in [2.45, 2.75) is 19.8 Å². The third-order valence-electron chi connectivity index (χ3n) is 2.20. The van der Waals surface area contributed by atoms with Gasteiger partial charge < -0.3 is 9.69 Å². The van der Waals surface area contributed by atoms with E-state index in [1.807, 2.05) is 6.41 Å². The van der Waals surface area contributed by atoms with Crippen molar-refractivity contribution in [1.82, 2.24) is 4.90 Å². The van der Waals surface area contributed by atoms with E-state index in [9.17, 15) is 9.59 Å². The third kappa shape index (κ3) is 3.32. The first-order chi connectivity index (χ1) is 5.24. The fraction of sp³-hybridized carbons (Fsp3) is 0.750. The summed E-state index contributed by atoms with van der Waals surface area (Å²) in [7, 11) is 0. The number of ketones is 1. The zero-order valence-electron chi connectivity index (χ0n) is 7.25. The van der Waals surface area contributed by atoms with E-state index >= 15 is 0 Å². The number of hydrogen-bond acceptors (Lipinski definition) is 2. The van der Waals surface area contributed by atoms with Gasteiger partial charge in [0.1, 0.15) is 5.78 Å². The Morgan fingerprint density at radius 3 is 2.25 bits per heavy atom. The largest absolute Gasteiger partial charge is 0.520 e. The van der Waals surface area contributed by atoms with Crippen molar-refractivity contribution in [3.8, 4) is 0 Å². The minimum absolute atomic E-state index is 0. The summed E-state index contributed by atoms with van der Waals surface area (Å²) in [5, 5.41) is 0. The summed E-state index contributed by atoms with van der Waals surface area (Å²) in [6, 6.07) is 0. The molecule has 1 amide bonds. The van der Waals surface area contributed by atoms with Gasteiger partial charge in [0.05, 0.1) is 0 Å². The van der Waals surface area contributed by atoms with Crippen molar-refractivity contribution in [2.75, 3.05) is 13.1 Å². The molecule has 0 saturated carbocycles.